The third kappa shape index (κ3) is 5.60. The highest BCUT2D eigenvalue weighted by Gasteiger charge is 2.06. The van der Waals surface area contributed by atoms with Crippen molar-refractivity contribution < 1.29 is 0 Å². The zero-order valence-electron chi connectivity index (χ0n) is 15.0. The molecule has 0 radical (unpaired) electrons. The van der Waals surface area contributed by atoms with Gasteiger partial charge in [-0.3, -0.25) is 9.67 Å². The van der Waals surface area contributed by atoms with Crippen LogP contribution in [0.4, 0.5) is 0 Å². The van der Waals surface area contributed by atoms with Gasteiger partial charge < -0.3 is 10.2 Å². The average molecular weight is 346 g/mol. The second-order valence-corrected chi connectivity index (χ2v) is 6.68. The smallest absolute Gasteiger partial charge is 0.193 e. The summed E-state index contributed by atoms with van der Waals surface area (Å²) < 4.78 is 1.85. The summed E-state index contributed by atoms with van der Waals surface area (Å²) in [4.78, 5) is 7.82. The van der Waals surface area contributed by atoms with E-state index in [4.69, 9.17) is 0 Å². The number of hydrogen-bond donors (Lipinski definition) is 1. The van der Waals surface area contributed by atoms with Crippen LogP contribution in [0.5, 0.6) is 0 Å². The number of nitrogens with one attached hydrogen (secondary N) is 1. The van der Waals surface area contributed by atoms with Gasteiger partial charge in [0.05, 0.1) is 6.20 Å². The quantitative estimate of drug-likeness (QED) is 0.363. The zero-order chi connectivity index (χ0) is 17.4. The van der Waals surface area contributed by atoms with Gasteiger partial charge in [-0.25, -0.2) is 0 Å². The van der Waals surface area contributed by atoms with Gasteiger partial charge in [-0.15, -0.1) is 11.8 Å². The highest BCUT2D eigenvalue weighted by atomic mass is 32.2. The van der Waals surface area contributed by atoms with E-state index in [1.165, 1.54) is 16.0 Å². The molecule has 0 aliphatic rings. The molecule has 5 nitrogen and oxygen atoms in total. The van der Waals surface area contributed by atoms with Crippen LogP contribution in [0.15, 0.2) is 46.5 Å². The maximum Gasteiger partial charge on any atom is 0.193 e. The summed E-state index contributed by atoms with van der Waals surface area (Å²) in [6.45, 7) is 1.74. The van der Waals surface area contributed by atoms with E-state index in [9.17, 15) is 0 Å². The van der Waals surface area contributed by atoms with Crippen LogP contribution in [0.3, 0.4) is 0 Å². The van der Waals surface area contributed by atoms with E-state index in [0.717, 1.165) is 31.9 Å². The van der Waals surface area contributed by atoms with Crippen LogP contribution in [0.2, 0.25) is 0 Å². The van der Waals surface area contributed by atoms with Crippen molar-refractivity contribution in [2.75, 3.05) is 26.9 Å². The van der Waals surface area contributed by atoms with Crippen molar-refractivity contribution in [2.24, 2.45) is 12.0 Å². The molecule has 0 aliphatic carbocycles. The summed E-state index contributed by atoms with van der Waals surface area (Å²) in [5.41, 5.74) is 2.56. The van der Waals surface area contributed by atoms with E-state index >= 15 is 0 Å². The fraction of sp³-hybridized carbons (Fsp3) is 0.444. The summed E-state index contributed by atoms with van der Waals surface area (Å²) in [7, 11) is 5.85. The van der Waals surface area contributed by atoms with E-state index in [-0.39, 0.29) is 0 Å². The second kappa shape index (κ2) is 9.37. The van der Waals surface area contributed by atoms with Gasteiger partial charge in [0.2, 0.25) is 0 Å². The Hall–Kier alpha value is -1.95. The SMILES string of the molecule is CN=C(NCCCc1cnn(C)c1)N(C)Cc1ccc(SC)cc1. The van der Waals surface area contributed by atoms with Gasteiger partial charge in [0.25, 0.3) is 0 Å². The zero-order valence-corrected chi connectivity index (χ0v) is 15.8. The van der Waals surface area contributed by atoms with Crippen LogP contribution in [-0.4, -0.2) is 47.5 Å². The molecule has 0 atom stereocenters. The minimum absolute atomic E-state index is 0.844. The monoisotopic (exact) mass is 345 g/mol. The Bertz CT molecular complexity index is 648. The number of hydrogen-bond acceptors (Lipinski definition) is 3. The molecule has 0 saturated carbocycles. The Labute approximate surface area is 149 Å². The Morgan fingerprint density at radius 3 is 2.62 bits per heavy atom. The van der Waals surface area contributed by atoms with Crippen LogP contribution < -0.4 is 5.32 Å². The third-order valence-corrected chi connectivity index (χ3v) is 4.58. The Kier molecular flexibility index (Phi) is 7.18. The molecule has 1 aromatic heterocycles. The van der Waals surface area contributed by atoms with Crippen LogP contribution >= 0.6 is 11.8 Å². The molecule has 2 aromatic rings. The van der Waals surface area contributed by atoms with Crippen LogP contribution in [-0.2, 0) is 20.0 Å². The van der Waals surface area contributed by atoms with E-state index in [0.29, 0.717) is 0 Å². The van der Waals surface area contributed by atoms with Crippen LogP contribution in [0, 0.1) is 0 Å². The maximum atomic E-state index is 4.38. The summed E-state index contributed by atoms with van der Waals surface area (Å²) in [6.07, 6.45) is 8.18. The van der Waals surface area contributed by atoms with Gasteiger partial charge in [-0.1, -0.05) is 12.1 Å². The molecule has 2 rings (SSSR count). The van der Waals surface area contributed by atoms with Gasteiger partial charge >= 0.3 is 0 Å². The molecule has 0 amide bonds. The summed E-state index contributed by atoms with van der Waals surface area (Å²) in [6, 6.07) is 8.69. The molecular weight excluding hydrogens is 318 g/mol. The molecule has 0 unspecified atom stereocenters. The molecule has 24 heavy (non-hydrogen) atoms. The molecule has 1 N–H and O–H groups in total. The highest BCUT2D eigenvalue weighted by Crippen LogP contribution is 2.15. The van der Waals surface area contributed by atoms with Gasteiger partial charge in [0.15, 0.2) is 5.96 Å². The van der Waals surface area contributed by atoms with Crippen molar-refractivity contribution in [3.63, 3.8) is 0 Å². The van der Waals surface area contributed by atoms with Crippen molar-refractivity contribution >= 4 is 17.7 Å². The lowest BCUT2D eigenvalue weighted by atomic mass is 10.2. The van der Waals surface area contributed by atoms with E-state index < -0.39 is 0 Å². The molecule has 0 fully saturated rings. The minimum atomic E-state index is 0.844. The van der Waals surface area contributed by atoms with E-state index in [1.807, 2.05) is 25.0 Å². The van der Waals surface area contributed by atoms with Crippen molar-refractivity contribution in [3.05, 3.63) is 47.8 Å². The lowest BCUT2D eigenvalue weighted by Gasteiger charge is -2.22. The number of aromatic nitrogens is 2. The Morgan fingerprint density at radius 2 is 2.04 bits per heavy atom. The molecule has 1 aromatic carbocycles. The van der Waals surface area contributed by atoms with Gasteiger partial charge in [-0.2, -0.15) is 5.10 Å². The first-order chi connectivity index (χ1) is 11.6. The van der Waals surface area contributed by atoms with Crippen molar-refractivity contribution in [3.8, 4) is 0 Å². The normalized spacial score (nSPS) is 11.6. The van der Waals surface area contributed by atoms with E-state index in [1.54, 1.807) is 11.8 Å². The van der Waals surface area contributed by atoms with E-state index in [2.05, 4.69) is 64.1 Å². The molecule has 0 saturated heterocycles. The van der Waals surface area contributed by atoms with Crippen molar-refractivity contribution in [2.45, 2.75) is 24.3 Å². The van der Waals surface area contributed by atoms with Crippen molar-refractivity contribution in [1.29, 1.82) is 0 Å². The fourth-order valence-electron chi connectivity index (χ4n) is 2.56. The van der Waals surface area contributed by atoms with Gasteiger partial charge in [0, 0.05) is 45.3 Å². The molecule has 1 heterocycles. The molecular formula is C18H27N5S. The predicted octanol–water partition coefficient (Wildman–Crippen LogP) is 2.78. The molecule has 130 valence electrons. The summed E-state index contributed by atoms with van der Waals surface area (Å²) >= 11 is 1.76. The molecule has 0 aliphatic heterocycles. The summed E-state index contributed by atoms with van der Waals surface area (Å²) in [5.74, 6) is 0.926. The largest absolute Gasteiger partial charge is 0.356 e. The first kappa shape index (κ1) is 18.4. The number of aliphatic imine (C=N–C) groups is 1. The first-order valence-electron chi connectivity index (χ1n) is 8.14. The third-order valence-electron chi connectivity index (χ3n) is 3.84. The van der Waals surface area contributed by atoms with Gasteiger partial charge in [-0.05, 0) is 42.4 Å². The average Bonchev–Trinajstić information content (AvgIpc) is 3.01. The topological polar surface area (TPSA) is 45.5 Å². The Morgan fingerprint density at radius 1 is 1.29 bits per heavy atom. The summed E-state index contributed by atoms with van der Waals surface area (Å²) in [5, 5.41) is 7.63. The number of benzene rings is 1. The van der Waals surface area contributed by atoms with Crippen molar-refractivity contribution in [1.82, 2.24) is 20.0 Å². The number of thioether (sulfide) groups is 1. The molecule has 0 spiro atoms. The minimum Gasteiger partial charge on any atom is -0.356 e. The lowest BCUT2D eigenvalue weighted by molar-refractivity contribution is 0.475. The Balaban J connectivity index is 1.77. The maximum absolute atomic E-state index is 4.38. The first-order valence-corrected chi connectivity index (χ1v) is 9.37. The second-order valence-electron chi connectivity index (χ2n) is 5.80. The highest BCUT2D eigenvalue weighted by molar-refractivity contribution is 7.98. The number of rotatable bonds is 7. The van der Waals surface area contributed by atoms with Crippen LogP contribution in [0.25, 0.3) is 0 Å². The van der Waals surface area contributed by atoms with Gasteiger partial charge in [0.1, 0.15) is 0 Å². The standard InChI is InChI=1S/C18H27N5S/c1-19-18(20-11-5-6-16-12-21-23(3)14-16)22(2)13-15-7-9-17(24-4)10-8-15/h7-10,12,14H,5-6,11,13H2,1-4H3,(H,19,20). The van der Waals surface area contributed by atoms with Crippen LogP contribution in [0.1, 0.15) is 17.5 Å². The number of guanidine groups is 1. The fourth-order valence-corrected chi connectivity index (χ4v) is 2.97. The lowest BCUT2D eigenvalue weighted by Crippen LogP contribution is -2.39. The number of nitrogens with zero attached hydrogens (tertiary/aromatic N) is 4. The molecule has 0 bridgehead atoms. The molecule has 6 heteroatoms. The predicted molar refractivity (Wildman–Crippen MR) is 103 cm³/mol. The number of aryl methyl sites for hydroxylation is 2.